The van der Waals surface area contributed by atoms with Gasteiger partial charge in [-0.3, -0.25) is 0 Å². The largest absolute Gasteiger partial charge is 3.00 e. The Morgan fingerprint density at radius 3 is 1.58 bits per heavy atom. The Morgan fingerprint density at radius 1 is 0.889 bits per heavy atom. The van der Waals surface area contributed by atoms with Crippen LogP contribution in [0.1, 0.15) is 66.0 Å². The van der Waals surface area contributed by atoms with Crippen molar-refractivity contribution >= 4 is 29.4 Å². The fourth-order valence-electron chi connectivity index (χ4n) is 4.49. The minimum Gasteiger partial charge on any atom is -0.497 e. The fourth-order valence-corrected chi connectivity index (χ4v) is 9.49. The fraction of sp³-hybridized carbons (Fsp3) is 0.613. The quantitative estimate of drug-likeness (QED) is 0.251. The van der Waals surface area contributed by atoms with Gasteiger partial charge in [0.1, 0.15) is 5.75 Å². The average molecular weight is 575 g/mol. The van der Waals surface area contributed by atoms with E-state index < -0.39 is 24.2 Å². The maximum Gasteiger partial charge on any atom is 3.00 e. The first-order valence-corrected chi connectivity index (χ1v) is 23.1. The van der Waals surface area contributed by atoms with E-state index in [2.05, 4.69) is 126 Å². The summed E-state index contributed by atoms with van der Waals surface area (Å²) in [6, 6.07) is 7.17. The normalized spacial score (nSPS) is 14.2. The number of aryl methyl sites for hydroxylation is 1. The monoisotopic (exact) mass is 574 g/mol. The Hall–Kier alpha value is 0.0208. The van der Waals surface area contributed by atoms with E-state index in [1.807, 2.05) is 7.11 Å². The van der Waals surface area contributed by atoms with Crippen molar-refractivity contribution < 1.29 is 30.6 Å². The van der Waals surface area contributed by atoms with Gasteiger partial charge in [0.2, 0.25) is 0 Å². The van der Waals surface area contributed by atoms with Crippen LogP contribution in [-0.2, 0) is 31.3 Å². The van der Waals surface area contributed by atoms with Gasteiger partial charge in [-0.05, 0) is 23.1 Å². The van der Waals surface area contributed by atoms with Crippen LogP contribution < -0.4 is 9.92 Å². The van der Waals surface area contributed by atoms with Crippen LogP contribution in [0.15, 0.2) is 28.5 Å². The summed E-state index contributed by atoms with van der Waals surface area (Å²) in [7, 11) is -1.70. The molecule has 5 heteroatoms. The summed E-state index contributed by atoms with van der Waals surface area (Å²) in [6.07, 6.45) is 4.70. The van der Waals surface area contributed by atoms with E-state index in [1.54, 1.807) is 5.20 Å². The van der Waals surface area contributed by atoms with E-state index in [-0.39, 0.29) is 31.3 Å². The van der Waals surface area contributed by atoms with E-state index in [4.69, 9.17) is 4.74 Å². The molecule has 202 valence electrons. The summed E-state index contributed by atoms with van der Waals surface area (Å²) in [5.74, 6) is 1.14. The molecule has 0 spiro atoms. The summed E-state index contributed by atoms with van der Waals surface area (Å²) < 4.78 is 6.07. The molecular formula is C31H57OScSi3. The summed E-state index contributed by atoms with van der Waals surface area (Å²) in [5, 5.41) is 3.16. The summed E-state index contributed by atoms with van der Waals surface area (Å²) in [4.78, 5) is 0. The van der Waals surface area contributed by atoms with Crippen LogP contribution in [0.2, 0.25) is 51.4 Å². The number of ether oxygens (including phenoxy) is 1. The third kappa shape index (κ3) is 12.7. The van der Waals surface area contributed by atoms with E-state index in [1.165, 1.54) is 39.5 Å². The zero-order chi connectivity index (χ0) is 28.0. The van der Waals surface area contributed by atoms with Gasteiger partial charge in [0.15, 0.2) is 0 Å². The van der Waals surface area contributed by atoms with Crippen molar-refractivity contribution in [1.82, 2.24) is 0 Å². The number of hydrogen-bond donors (Lipinski definition) is 0. The predicted octanol–water partition coefficient (Wildman–Crippen LogP) is 9.40. The van der Waals surface area contributed by atoms with Gasteiger partial charge in [0.05, 0.1) is 7.11 Å². The zero-order valence-corrected chi connectivity index (χ0v) is 31.5. The maximum absolute atomic E-state index is 6.07. The molecule has 0 unspecified atom stereocenters. The Morgan fingerprint density at radius 2 is 1.31 bits per heavy atom. The molecule has 36 heavy (non-hydrogen) atoms. The van der Waals surface area contributed by atoms with Crippen molar-refractivity contribution in [3.05, 3.63) is 58.8 Å². The smallest absolute Gasteiger partial charge is 0.497 e. The third-order valence-corrected chi connectivity index (χ3v) is 11.4. The van der Waals surface area contributed by atoms with E-state index in [0.717, 1.165) is 12.2 Å². The molecule has 0 atom stereocenters. The number of benzene rings is 1. The van der Waals surface area contributed by atoms with E-state index in [9.17, 15) is 0 Å². The van der Waals surface area contributed by atoms with Gasteiger partial charge >= 0.3 is 25.8 Å². The molecule has 0 heterocycles. The van der Waals surface area contributed by atoms with Crippen molar-refractivity contribution in [1.29, 1.82) is 0 Å². The molecule has 1 aromatic rings. The van der Waals surface area contributed by atoms with Crippen LogP contribution in [0, 0.1) is 26.1 Å². The Balaban J connectivity index is 0. The maximum atomic E-state index is 6.07. The van der Waals surface area contributed by atoms with Crippen molar-refractivity contribution in [2.45, 2.75) is 119 Å². The molecule has 2 rings (SSSR count). The standard InChI is InChI=1S/C23H35OSi.2C4H11Si.Sc/c1-10-25(11-2,20-14-16(3)12-18(20)5)21-15-17(4)13-19(22(21)24-9)23(6,7)8;2*1-5(2,3)4;/h13,15H,10-11,14H2,1-9H3;2*1H2,2-4H3;/q3*-1;+3. The average Bonchev–Trinajstić information content (AvgIpc) is 2.98. The van der Waals surface area contributed by atoms with Gasteiger partial charge < -0.3 is 17.8 Å². The third-order valence-electron chi connectivity index (χ3n) is 5.84. The summed E-state index contributed by atoms with van der Waals surface area (Å²) >= 11 is 0. The van der Waals surface area contributed by atoms with Crippen molar-refractivity contribution in [2.75, 3.05) is 7.11 Å². The first kappa shape index (κ1) is 38.2. The molecule has 0 radical (unpaired) electrons. The first-order valence-electron chi connectivity index (χ1n) is 13.3. The van der Waals surface area contributed by atoms with Crippen molar-refractivity contribution in [3.8, 4) is 5.75 Å². The minimum absolute atomic E-state index is 0. The molecule has 0 aromatic heterocycles. The summed E-state index contributed by atoms with van der Waals surface area (Å²) in [6.45, 7) is 39.4. The van der Waals surface area contributed by atoms with Crippen LogP contribution >= 0.6 is 0 Å². The first-order chi connectivity index (χ1) is 15.6. The molecular weight excluding hydrogens is 518 g/mol. The summed E-state index contributed by atoms with van der Waals surface area (Å²) in [5.41, 5.74) is 5.54. The Bertz CT molecular complexity index is 866. The molecule has 0 fully saturated rings. The molecule has 1 nitrogen and oxygen atoms in total. The number of hydrogen-bond acceptors (Lipinski definition) is 1. The Labute approximate surface area is 248 Å². The molecule has 0 bridgehead atoms. The second-order valence-electron chi connectivity index (χ2n) is 13.7. The van der Waals surface area contributed by atoms with Gasteiger partial charge in [0.25, 0.3) is 0 Å². The second kappa shape index (κ2) is 15.0. The van der Waals surface area contributed by atoms with Crippen LogP contribution in [0.4, 0.5) is 0 Å². The second-order valence-corrected chi connectivity index (χ2v) is 28.7. The van der Waals surface area contributed by atoms with Gasteiger partial charge in [-0.2, -0.15) is 5.57 Å². The number of rotatable bonds is 5. The molecule has 0 aliphatic heterocycles. The van der Waals surface area contributed by atoms with Crippen molar-refractivity contribution in [3.63, 3.8) is 0 Å². The van der Waals surface area contributed by atoms with Crippen LogP contribution in [0.5, 0.6) is 5.75 Å². The zero-order valence-electron chi connectivity index (χ0n) is 26.7. The molecule has 1 aromatic carbocycles. The van der Waals surface area contributed by atoms with Gasteiger partial charge in [-0.1, -0.05) is 124 Å². The predicted molar refractivity (Wildman–Crippen MR) is 170 cm³/mol. The molecule has 1 aliphatic carbocycles. The topological polar surface area (TPSA) is 9.23 Å². The molecule has 0 saturated heterocycles. The van der Waals surface area contributed by atoms with E-state index >= 15 is 0 Å². The van der Waals surface area contributed by atoms with Crippen molar-refractivity contribution in [2.24, 2.45) is 0 Å². The van der Waals surface area contributed by atoms with E-state index in [0.29, 0.717) is 0 Å². The minimum atomic E-state index is -1.83. The number of allylic oxidation sites excluding steroid dienone is 4. The molecule has 0 amide bonds. The molecule has 0 N–H and O–H groups in total. The number of methoxy groups -OCH3 is 1. The van der Waals surface area contributed by atoms with Crippen LogP contribution in [0.3, 0.4) is 0 Å². The van der Waals surface area contributed by atoms with Gasteiger partial charge in [-0.25, -0.2) is 16.8 Å². The van der Waals surface area contributed by atoms with Gasteiger partial charge in [-0.15, -0.1) is 16.1 Å². The Kier molecular flexibility index (Phi) is 15.9. The van der Waals surface area contributed by atoms with Crippen LogP contribution in [-0.4, -0.2) is 31.3 Å². The molecule has 1 aliphatic rings. The SMILES string of the molecule is CC[Si](CC)(C1=C(C)[C-]=C(C)C1)c1cc(C)cc(C(C)(C)C)c1OC.[CH2-][Si](C)(C)C.[CH2-][Si](C)(C)C.[Sc+3]. The van der Waals surface area contributed by atoms with Gasteiger partial charge in [0, 0.05) is 8.07 Å². The molecule has 0 saturated carbocycles. The van der Waals surface area contributed by atoms with Crippen LogP contribution in [0.25, 0.3) is 0 Å².